The Morgan fingerprint density at radius 1 is 1.04 bits per heavy atom. The number of sulfonamides is 1. The van der Waals surface area contributed by atoms with Gasteiger partial charge in [-0.15, -0.1) is 0 Å². The second kappa shape index (κ2) is 6.79. The number of primary sulfonamides is 1. The fourth-order valence-electron chi connectivity index (χ4n) is 2.55. The van der Waals surface area contributed by atoms with Crippen molar-refractivity contribution in [3.8, 4) is 16.9 Å². The van der Waals surface area contributed by atoms with E-state index in [4.69, 9.17) is 5.14 Å². The summed E-state index contributed by atoms with van der Waals surface area (Å²) in [6, 6.07) is 5.09. The van der Waals surface area contributed by atoms with E-state index in [0.717, 1.165) is 16.7 Å². The maximum Gasteiger partial charge on any atom is 0.416 e. The van der Waals surface area contributed by atoms with Crippen molar-refractivity contribution < 1.29 is 30.4 Å². The van der Waals surface area contributed by atoms with Gasteiger partial charge in [-0.25, -0.2) is 22.3 Å². The fourth-order valence-corrected chi connectivity index (χ4v) is 3.98. The largest absolute Gasteiger partial charge is 0.416 e. The van der Waals surface area contributed by atoms with Gasteiger partial charge >= 0.3 is 11.0 Å². The number of alkyl halides is 3. The molecular formula is C16H9F5N2O3S2. The molecule has 12 heteroatoms. The summed E-state index contributed by atoms with van der Waals surface area (Å²) in [5.74, 6) is -2.99. The number of thiazole rings is 1. The highest BCUT2D eigenvalue weighted by Gasteiger charge is 2.31. The van der Waals surface area contributed by atoms with Crippen LogP contribution in [0.25, 0.3) is 16.9 Å². The summed E-state index contributed by atoms with van der Waals surface area (Å²) >= 11 is 0.594. The fraction of sp³-hybridized carbons (Fsp3) is 0.0625. The molecule has 0 fully saturated rings. The van der Waals surface area contributed by atoms with Crippen LogP contribution in [0.1, 0.15) is 5.56 Å². The normalized spacial score (nSPS) is 12.4. The number of nitrogens with two attached hydrogens (primary N) is 1. The predicted octanol–water partition coefficient (Wildman–Crippen LogP) is 3.51. The van der Waals surface area contributed by atoms with E-state index in [-0.39, 0.29) is 16.9 Å². The smallest absolute Gasteiger partial charge is 0.267 e. The molecule has 0 bridgehead atoms. The van der Waals surface area contributed by atoms with Crippen LogP contribution in [0.3, 0.4) is 0 Å². The van der Waals surface area contributed by atoms with Crippen LogP contribution in [0.15, 0.2) is 51.5 Å². The van der Waals surface area contributed by atoms with Crippen molar-refractivity contribution in [2.24, 2.45) is 5.14 Å². The molecule has 28 heavy (non-hydrogen) atoms. The molecule has 5 nitrogen and oxygen atoms in total. The monoisotopic (exact) mass is 436 g/mol. The summed E-state index contributed by atoms with van der Waals surface area (Å²) in [5, 5.41) is 5.95. The zero-order valence-electron chi connectivity index (χ0n) is 13.5. The maximum atomic E-state index is 14.1. The number of hydrogen-bond donors (Lipinski definition) is 1. The Labute approximate surface area is 158 Å². The summed E-state index contributed by atoms with van der Waals surface area (Å²) in [6.07, 6.45) is -4.66. The van der Waals surface area contributed by atoms with Crippen molar-refractivity contribution in [1.29, 1.82) is 0 Å². The first-order valence-corrected chi connectivity index (χ1v) is 9.72. The Kier molecular flexibility index (Phi) is 4.89. The van der Waals surface area contributed by atoms with Gasteiger partial charge in [-0.3, -0.25) is 9.36 Å². The Bertz CT molecular complexity index is 1210. The Morgan fingerprint density at radius 3 is 2.18 bits per heavy atom. The lowest BCUT2D eigenvalue weighted by Crippen LogP contribution is -2.17. The lowest BCUT2D eigenvalue weighted by Gasteiger charge is -2.12. The summed E-state index contributed by atoms with van der Waals surface area (Å²) < 4.78 is 90.5. The van der Waals surface area contributed by atoms with Gasteiger partial charge in [0, 0.05) is 10.9 Å². The van der Waals surface area contributed by atoms with Crippen LogP contribution < -0.4 is 10.0 Å². The highest BCUT2D eigenvalue weighted by molar-refractivity contribution is 7.89. The highest BCUT2D eigenvalue weighted by Crippen LogP contribution is 2.32. The molecule has 148 valence electrons. The first-order chi connectivity index (χ1) is 12.9. The van der Waals surface area contributed by atoms with Gasteiger partial charge in [0.2, 0.25) is 10.0 Å². The van der Waals surface area contributed by atoms with Crippen molar-refractivity contribution in [2.75, 3.05) is 0 Å². The number of nitrogens with zero attached hydrogens (tertiary/aromatic N) is 1. The number of benzene rings is 2. The molecule has 3 aromatic rings. The third-order valence-corrected chi connectivity index (χ3v) is 5.39. The zero-order chi connectivity index (χ0) is 20.9. The van der Waals surface area contributed by atoms with E-state index in [2.05, 4.69) is 0 Å². The summed E-state index contributed by atoms with van der Waals surface area (Å²) in [6.45, 7) is 0. The SMILES string of the molecule is NS(=O)(=O)c1c(F)cc(-c2csc(=O)n2-c2cccc(C(F)(F)F)c2)cc1F. The van der Waals surface area contributed by atoms with Crippen molar-refractivity contribution in [2.45, 2.75) is 11.1 Å². The lowest BCUT2D eigenvalue weighted by atomic mass is 10.1. The zero-order valence-corrected chi connectivity index (χ0v) is 15.1. The van der Waals surface area contributed by atoms with Crippen molar-refractivity contribution in [3.63, 3.8) is 0 Å². The van der Waals surface area contributed by atoms with Gasteiger partial charge in [0.15, 0.2) is 4.90 Å². The minimum Gasteiger partial charge on any atom is -0.267 e. The predicted molar refractivity (Wildman–Crippen MR) is 91.6 cm³/mol. The Balaban J connectivity index is 2.22. The molecule has 0 unspecified atom stereocenters. The van der Waals surface area contributed by atoms with E-state index >= 15 is 0 Å². The maximum absolute atomic E-state index is 14.1. The molecule has 0 aliphatic rings. The topological polar surface area (TPSA) is 82.2 Å². The number of halogens is 5. The second-order valence-corrected chi connectivity index (χ2v) is 7.90. The summed E-state index contributed by atoms with van der Waals surface area (Å²) in [7, 11) is -4.68. The summed E-state index contributed by atoms with van der Waals surface area (Å²) in [5.41, 5.74) is -1.56. The molecule has 2 aromatic carbocycles. The van der Waals surface area contributed by atoms with Gasteiger partial charge in [-0.2, -0.15) is 13.2 Å². The molecule has 0 aliphatic carbocycles. The van der Waals surface area contributed by atoms with E-state index in [1.807, 2.05) is 0 Å². The van der Waals surface area contributed by atoms with Crippen molar-refractivity contribution in [1.82, 2.24) is 4.57 Å². The quantitative estimate of drug-likeness (QED) is 0.638. The van der Waals surface area contributed by atoms with E-state index in [9.17, 15) is 35.2 Å². The molecule has 0 atom stereocenters. The molecule has 0 radical (unpaired) electrons. The van der Waals surface area contributed by atoms with Crippen LogP contribution in [0, 0.1) is 11.6 Å². The van der Waals surface area contributed by atoms with Gasteiger partial charge in [0.1, 0.15) is 11.6 Å². The molecule has 3 rings (SSSR count). The van der Waals surface area contributed by atoms with E-state index < -0.39 is 43.2 Å². The van der Waals surface area contributed by atoms with Crippen molar-refractivity contribution in [3.05, 3.63) is 68.6 Å². The Hall–Kier alpha value is -2.57. The van der Waals surface area contributed by atoms with E-state index in [1.54, 1.807) is 0 Å². The van der Waals surface area contributed by atoms with Crippen LogP contribution >= 0.6 is 11.3 Å². The molecule has 0 aliphatic heterocycles. The Morgan fingerprint density at radius 2 is 1.64 bits per heavy atom. The lowest BCUT2D eigenvalue weighted by molar-refractivity contribution is -0.137. The number of rotatable bonds is 3. The van der Waals surface area contributed by atoms with Gasteiger partial charge < -0.3 is 0 Å². The summed E-state index contributed by atoms with van der Waals surface area (Å²) in [4.78, 5) is 10.1. The molecular weight excluding hydrogens is 427 g/mol. The van der Waals surface area contributed by atoms with Crippen LogP contribution in [-0.2, 0) is 16.2 Å². The second-order valence-electron chi connectivity index (χ2n) is 5.58. The number of aromatic nitrogens is 1. The van der Waals surface area contributed by atoms with Crippen molar-refractivity contribution >= 4 is 21.4 Å². The van der Waals surface area contributed by atoms with Crippen LogP contribution in [0.5, 0.6) is 0 Å². The molecule has 0 amide bonds. The molecule has 0 saturated heterocycles. The standard InChI is InChI=1S/C16H9F5N2O3S2/c17-11-4-8(5-12(18)14(11)28(22,25)26)13-7-27-15(24)23(13)10-3-1-2-9(6-10)16(19,20)21/h1-7H,(H2,22,25,26). The first-order valence-electron chi connectivity index (χ1n) is 7.30. The first kappa shape index (κ1) is 20.2. The van der Waals surface area contributed by atoms with E-state index in [1.165, 1.54) is 11.4 Å². The highest BCUT2D eigenvalue weighted by atomic mass is 32.2. The van der Waals surface area contributed by atoms with Gasteiger partial charge in [0.25, 0.3) is 0 Å². The molecule has 1 heterocycles. The van der Waals surface area contributed by atoms with Crippen LogP contribution in [-0.4, -0.2) is 13.0 Å². The minimum absolute atomic E-state index is 0.118. The van der Waals surface area contributed by atoms with Gasteiger partial charge in [0.05, 0.1) is 16.9 Å². The molecule has 0 saturated carbocycles. The average Bonchev–Trinajstić information content (AvgIpc) is 2.94. The van der Waals surface area contributed by atoms with E-state index in [0.29, 0.717) is 29.5 Å². The average molecular weight is 436 g/mol. The molecule has 0 spiro atoms. The van der Waals surface area contributed by atoms with Crippen LogP contribution in [0.4, 0.5) is 22.0 Å². The number of hydrogen-bond acceptors (Lipinski definition) is 4. The molecule has 1 aromatic heterocycles. The minimum atomic E-state index is -4.68. The van der Waals surface area contributed by atoms with Gasteiger partial charge in [-0.05, 0) is 30.3 Å². The third-order valence-electron chi connectivity index (χ3n) is 3.71. The van der Waals surface area contributed by atoms with Crippen LogP contribution in [0.2, 0.25) is 0 Å². The third kappa shape index (κ3) is 3.70. The molecule has 2 N–H and O–H groups in total. The van der Waals surface area contributed by atoms with Gasteiger partial charge in [-0.1, -0.05) is 17.4 Å².